The maximum absolute atomic E-state index is 12.4. The number of imide groups is 2. The molecule has 1 aromatic carbocycles. The Bertz CT molecular complexity index is 738. The third kappa shape index (κ3) is 4.32. The fourth-order valence-corrected chi connectivity index (χ4v) is 2.32. The molecule has 8 nitrogen and oxygen atoms in total. The summed E-state index contributed by atoms with van der Waals surface area (Å²) in [4.78, 5) is 49.3. The molecule has 1 saturated heterocycles. The van der Waals surface area contributed by atoms with Crippen LogP contribution in [0.15, 0.2) is 24.3 Å². The van der Waals surface area contributed by atoms with Crippen molar-refractivity contribution in [1.82, 2.24) is 9.80 Å². The number of urea groups is 1. The zero-order chi connectivity index (χ0) is 19.4. The molecule has 0 saturated carbocycles. The van der Waals surface area contributed by atoms with E-state index in [1.165, 1.54) is 24.3 Å². The number of halogens is 2. The lowest BCUT2D eigenvalue weighted by Crippen LogP contribution is -2.39. The van der Waals surface area contributed by atoms with Gasteiger partial charge >= 0.3 is 24.5 Å². The molecule has 1 heterocycles. The number of anilines is 1. The first-order valence-corrected chi connectivity index (χ1v) is 7.71. The van der Waals surface area contributed by atoms with Gasteiger partial charge in [0.1, 0.15) is 12.3 Å². The lowest BCUT2D eigenvalue weighted by atomic mass is 10.2. The number of nitrogens with one attached hydrogen (secondary N) is 1. The van der Waals surface area contributed by atoms with Gasteiger partial charge in [0.15, 0.2) is 0 Å². The summed E-state index contributed by atoms with van der Waals surface area (Å²) >= 11 is 0. The van der Waals surface area contributed by atoms with Gasteiger partial charge in [-0.3, -0.25) is 19.3 Å². The number of alkyl halides is 2. The number of hydrogen-bond acceptors (Lipinski definition) is 5. The molecule has 1 aliphatic rings. The van der Waals surface area contributed by atoms with Crippen molar-refractivity contribution in [1.29, 1.82) is 0 Å². The number of amides is 5. The summed E-state index contributed by atoms with van der Waals surface area (Å²) in [6, 6.07) is 4.57. The molecule has 1 aliphatic heterocycles. The van der Waals surface area contributed by atoms with Gasteiger partial charge < -0.3 is 10.1 Å². The molecule has 1 aromatic rings. The Kier molecular flexibility index (Phi) is 5.86. The molecule has 1 fully saturated rings. The van der Waals surface area contributed by atoms with Crippen LogP contribution in [0.25, 0.3) is 0 Å². The van der Waals surface area contributed by atoms with Crippen molar-refractivity contribution in [2.24, 2.45) is 5.92 Å². The first-order chi connectivity index (χ1) is 12.2. The molecule has 140 valence electrons. The fourth-order valence-electron chi connectivity index (χ4n) is 2.32. The summed E-state index contributed by atoms with van der Waals surface area (Å²) < 4.78 is 29.0. The predicted octanol–water partition coefficient (Wildman–Crippen LogP) is 1.67. The van der Waals surface area contributed by atoms with Gasteiger partial charge in [0.05, 0.1) is 5.69 Å². The van der Waals surface area contributed by atoms with Crippen molar-refractivity contribution in [3.05, 3.63) is 24.3 Å². The Morgan fingerprint density at radius 2 is 1.73 bits per heavy atom. The first-order valence-electron chi connectivity index (χ1n) is 7.71. The smallest absolute Gasteiger partial charge is 0.387 e. The number of nitrogens with zero attached hydrogens (tertiary/aromatic N) is 2. The number of carbonyl (C=O) groups excluding carboxylic acids is 4. The highest BCUT2D eigenvalue weighted by atomic mass is 19.3. The van der Waals surface area contributed by atoms with Crippen LogP contribution in [0.3, 0.4) is 0 Å². The molecule has 0 spiro atoms. The van der Waals surface area contributed by atoms with Crippen molar-refractivity contribution >= 4 is 29.4 Å². The van der Waals surface area contributed by atoms with E-state index < -0.39 is 36.9 Å². The lowest BCUT2D eigenvalue weighted by molar-refractivity contribution is -0.143. The highest BCUT2D eigenvalue weighted by Crippen LogP contribution is 2.25. The molecule has 10 heteroatoms. The van der Waals surface area contributed by atoms with Gasteiger partial charge in [-0.05, 0) is 18.1 Å². The van der Waals surface area contributed by atoms with Crippen LogP contribution in [0, 0.1) is 5.92 Å². The monoisotopic (exact) mass is 369 g/mol. The number of hydrogen-bond donors (Lipinski definition) is 1. The second-order valence-corrected chi connectivity index (χ2v) is 5.91. The molecule has 0 unspecified atom stereocenters. The molecule has 2 rings (SSSR count). The van der Waals surface area contributed by atoms with E-state index in [4.69, 9.17) is 0 Å². The van der Waals surface area contributed by atoms with Crippen molar-refractivity contribution in [3.8, 4) is 5.75 Å². The Morgan fingerprint density at radius 1 is 1.12 bits per heavy atom. The summed E-state index contributed by atoms with van der Waals surface area (Å²) in [5.41, 5.74) is -0.0535. The second-order valence-electron chi connectivity index (χ2n) is 5.91. The predicted molar refractivity (Wildman–Crippen MR) is 85.4 cm³/mol. The highest BCUT2D eigenvalue weighted by Gasteiger charge is 2.45. The Morgan fingerprint density at radius 3 is 2.35 bits per heavy atom. The minimum absolute atomic E-state index is 0.0482. The average Bonchev–Trinajstić information content (AvgIpc) is 2.74. The van der Waals surface area contributed by atoms with Crippen LogP contribution in [0.4, 0.5) is 19.3 Å². The van der Waals surface area contributed by atoms with Crippen LogP contribution >= 0.6 is 0 Å². The van der Waals surface area contributed by atoms with Crippen molar-refractivity contribution in [2.75, 3.05) is 18.4 Å². The van der Waals surface area contributed by atoms with E-state index in [0.29, 0.717) is 4.90 Å². The lowest BCUT2D eigenvalue weighted by Gasteiger charge is -2.17. The fraction of sp³-hybridized carbons (Fsp3) is 0.375. The van der Waals surface area contributed by atoms with Crippen molar-refractivity contribution < 1.29 is 32.7 Å². The molecule has 0 bridgehead atoms. The second kappa shape index (κ2) is 7.89. The first kappa shape index (κ1) is 19.3. The average molecular weight is 369 g/mol. The van der Waals surface area contributed by atoms with Crippen LogP contribution in [0.1, 0.15) is 13.8 Å². The number of para-hydroxylation sites is 2. The van der Waals surface area contributed by atoms with Crippen LogP contribution in [-0.2, 0) is 14.4 Å². The molecule has 26 heavy (non-hydrogen) atoms. The molecule has 1 N–H and O–H groups in total. The van der Waals surface area contributed by atoms with Crippen LogP contribution < -0.4 is 10.1 Å². The minimum Gasteiger partial charge on any atom is -0.433 e. The molecule has 5 amide bonds. The largest absolute Gasteiger partial charge is 0.433 e. The van der Waals surface area contributed by atoms with E-state index in [1.807, 2.05) is 0 Å². The quantitative estimate of drug-likeness (QED) is 0.583. The van der Waals surface area contributed by atoms with Gasteiger partial charge in [0, 0.05) is 6.54 Å². The Hall–Kier alpha value is -3.04. The van der Waals surface area contributed by atoms with Crippen LogP contribution in [-0.4, -0.2) is 53.3 Å². The maximum atomic E-state index is 12.4. The van der Waals surface area contributed by atoms with Gasteiger partial charge in [-0.25, -0.2) is 9.69 Å². The third-order valence-corrected chi connectivity index (χ3v) is 3.36. The topological polar surface area (TPSA) is 96.0 Å². The zero-order valence-electron chi connectivity index (χ0n) is 14.1. The number of carbonyl (C=O) groups is 4. The maximum Gasteiger partial charge on any atom is 0.387 e. The number of rotatable bonds is 7. The standard InChI is InChI=1S/C16H17F2N3O5/c1-9(2)7-20-13(23)14(24)21(16(20)25)8-12(22)19-10-5-3-4-6-11(10)26-15(17)18/h3-6,9,15H,7-8H2,1-2H3,(H,19,22). The zero-order valence-corrected chi connectivity index (χ0v) is 14.1. The van der Waals surface area contributed by atoms with Gasteiger partial charge in [0.2, 0.25) is 5.91 Å². The van der Waals surface area contributed by atoms with E-state index in [-0.39, 0.29) is 23.9 Å². The minimum atomic E-state index is -3.09. The highest BCUT2D eigenvalue weighted by molar-refractivity contribution is 6.45. The molecular weight excluding hydrogens is 352 g/mol. The molecule has 0 atom stereocenters. The van der Waals surface area contributed by atoms with E-state index >= 15 is 0 Å². The van der Waals surface area contributed by atoms with E-state index in [0.717, 1.165) is 4.90 Å². The van der Waals surface area contributed by atoms with E-state index in [9.17, 15) is 28.0 Å². The Labute approximate surface area is 147 Å². The Balaban J connectivity index is 2.08. The summed E-state index contributed by atoms with van der Waals surface area (Å²) in [5.74, 6) is -3.27. The van der Waals surface area contributed by atoms with Gasteiger partial charge in [-0.2, -0.15) is 8.78 Å². The molecule has 0 radical (unpaired) electrons. The molecular formula is C16H17F2N3O5. The molecule has 0 aromatic heterocycles. The van der Waals surface area contributed by atoms with Gasteiger partial charge in [0.25, 0.3) is 0 Å². The summed E-state index contributed by atoms with van der Waals surface area (Å²) in [6.45, 7) is -0.231. The SMILES string of the molecule is CC(C)CN1C(=O)C(=O)N(CC(=O)Nc2ccccc2OC(F)F)C1=O. The number of ether oxygens (including phenoxy) is 1. The normalized spacial score (nSPS) is 14.6. The summed E-state index contributed by atoms with van der Waals surface area (Å²) in [6.07, 6.45) is 0. The third-order valence-electron chi connectivity index (χ3n) is 3.36. The van der Waals surface area contributed by atoms with Gasteiger partial charge in [-0.1, -0.05) is 26.0 Å². The van der Waals surface area contributed by atoms with Crippen molar-refractivity contribution in [2.45, 2.75) is 20.5 Å². The number of benzene rings is 1. The van der Waals surface area contributed by atoms with E-state index in [1.54, 1.807) is 13.8 Å². The summed E-state index contributed by atoms with van der Waals surface area (Å²) in [5, 5.41) is 2.28. The summed E-state index contributed by atoms with van der Waals surface area (Å²) in [7, 11) is 0. The van der Waals surface area contributed by atoms with Crippen molar-refractivity contribution in [3.63, 3.8) is 0 Å². The molecule has 0 aliphatic carbocycles. The van der Waals surface area contributed by atoms with E-state index in [2.05, 4.69) is 10.1 Å². The van der Waals surface area contributed by atoms with Crippen LogP contribution in [0.2, 0.25) is 0 Å². The van der Waals surface area contributed by atoms with Gasteiger partial charge in [-0.15, -0.1) is 0 Å². The van der Waals surface area contributed by atoms with Crippen LogP contribution in [0.5, 0.6) is 5.75 Å².